The van der Waals surface area contributed by atoms with Crippen molar-refractivity contribution in [2.75, 3.05) is 19.7 Å². The fourth-order valence-corrected chi connectivity index (χ4v) is 4.52. The summed E-state index contributed by atoms with van der Waals surface area (Å²) >= 11 is 0. The largest absolute Gasteiger partial charge is 0.508 e. The summed E-state index contributed by atoms with van der Waals surface area (Å²) in [5.41, 5.74) is 7.17. The second-order valence-corrected chi connectivity index (χ2v) is 8.96. The Bertz CT molecular complexity index is 1030. The molecule has 3 heteroatoms. The van der Waals surface area contributed by atoms with E-state index in [1.165, 1.54) is 16.7 Å². The van der Waals surface area contributed by atoms with Gasteiger partial charge in [-0.1, -0.05) is 66.7 Å². The predicted molar refractivity (Wildman–Crippen MR) is 133 cm³/mol. The molecule has 3 aromatic rings. The lowest BCUT2D eigenvalue weighted by atomic mass is 9.85. The molecule has 0 radical (unpaired) electrons. The van der Waals surface area contributed by atoms with Crippen molar-refractivity contribution in [2.24, 2.45) is 0 Å². The van der Waals surface area contributed by atoms with Crippen LogP contribution in [0.4, 0.5) is 0 Å². The van der Waals surface area contributed by atoms with Crippen LogP contribution in [0.1, 0.15) is 54.9 Å². The van der Waals surface area contributed by atoms with Crippen LogP contribution in [0.15, 0.2) is 78.9 Å². The molecule has 0 unspecified atom stereocenters. The number of hydrogen-bond donors (Lipinski definition) is 2. The molecule has 1 saturated heterocycles. The third-order valence-corrected chi connectivity index (χ3v) is 6.48. The van der Waals surface area contributed by atoms with Crippen molar-refractivity contribution in [1.29, 1.82) is 0 Å². The maximum absolute atomic E-state index is 9.84. The van der Waals surface area contributed by atoms with Crippen molar-refractivity contribution in [2.45, 2.75) is 38.6 Å². The van der Waals surface area contributed by atoms with Crippen molar-refractivity contribution in [3.05, 3.63) is 101 Å². The zero-order chi connectivity index (χ0) is 22.5. The third kappa shape index (κ3) is 4.95. The van der Waals surface area contributed by atoms with Gasteiger partial charge in [-0.05, 0) is 72.2 Å². The zero-order valence-corrected chi connectivity index (χ0v) is 19.0. The minimum atomic E-state index is 0.159. The Morgan fingerprint density at radius 3 is 2.00 bits per heavy atom. The predicted octanol–water partition coefficient (Wildman–Crippen LogP) is 5.93. The highest BCUT2D eigenvalue weighted by Crippen LogP contribution is 2.37. The number of hydrogen-bond acceptors (Lipinski definition) is 3. The van der Waals surface area contributed by atoms with Crippen molar-refractivity contribution in [1.82, 2.24) is 4.90 Å². The van der Waals surface area contributed by atoms with E-state index in [1.807, 2.05) is 18.2 Å². The molecule has 0 atom stereocenters. The van der Waals surface area contributed by atoms with Crippen LogP contribution in [-0.2, 0) is 0 Å². The number of benzene rings is 3. The van der Waals surface area contributed by atoms with Crippen molar-refractivity contribution < 1.29 is 10.2 Å². The highest BCUT2D eigenvalue weighted by atomic mass is 16.3. The van der Waals surface area contributed by atoms with E-state index >= 15 is 0 Å². The molecule has 32 heavy (non-hydrogen) atoms. The monoisotopic (exact) mass is 427 g/mol. The normalized spacial score (nSPS) is 15.5. The summed E-state index contributed by atoms with van der Waals surface area (Å²) in [7, 11) is 0. The molecule has 0 spiro atoms. The maximum atomic E-state index is 9.84. The van der Waals surface area contributed by atoms with E-state index in [0.717, 1.165) is 36.2 Å². The summed E-state index contributed by atoms with van der Waals surface area (Å²) in [6.45, 7) is 6.93. The van der Waals surface area contributed by atoms with Crippen LogP contribution in [-0.4, -0.2) is 40.9 Å². The van der Waals surface area contributed by atoms with Crippen LogP contribution in [0.3, 0.4) is 0 Å². The van der Waals surface area contributed by atoms with Crippen LogP contribution in [0.5, 0.6) is 5.75 Å². The van der Waals surface area contributed by atoms with Gasteiger partial charge in [0.2, 0.25) is 0 Å². The van der Waals surface area contributed by atoms with E-state index in [1.54, 1.807) is 12.1 Å². The van der Waals surface area contributed by atoms with E-state index in [-0.39, 0.29) is 12.4 Å². The van der Waals surface area contributed by atoms with E-state index in [0.29, 0.717) is 18.4 Å². The van der Waals surface area contributed by atoms with Gasteiger partial charge in [-0.25, -0.2) is 0 Å². The number of allylic oxidation sites excluding steroid dienone is 1. The first-order valence-electron chi connectivity index (χ1n) is 11.6. The average Bonchev–Trinajstić information content (AvgIpc) is 2.77. The Kier molecular flexibility index (Phi) is 7.09. The second-order valence-electron chi connectivity index (χ2n) is 8.96. The Morgan fingerprint density at radius 1 is 0.844 bits per heavy atom. The van der Waals surface area contributed by atoms with Crippen LogP contribution in [0, 0.1) is 0 Å². The molecular formula is C29H33NO2. The minimum Gasteiger partial charge on any atom is -0.508 e. The first-order chi connectivity index (χ1) is 15.6. The Labute approximate surface area is 191 Å². The highest BCUT2D eigenvalue weighted by Gasteiger charge is 2.29. The molecule has 4 rings (SSSR count). The summed E-state index contributed by atoms with van der Waals surface area (Å²) in [4.78, 5) is 2.50. The zero-order valence-electron chi connectivity index (χ0n) is 19.0. The Hall–Kier alpha value is -2.88. The van der Waals surface area contributed by atoms with Crippen LogP contribution in [0.25, 0.3) is 11.1 Å². The van der Waals surface area contributed by atoms with Gasteiger partial charge in [-0.15, -0.1) is 0 Å². The highest BCUT2D eigenvalue weighted by molar-refractivity contribution is 5.98. The van der Waals surface area contributed by atoms with Crippen molar-refractivity contribution in [3.63, 3.8) is 0 Å². The minimum absolute atomic E-state index is 0.159. The summed E-state index contributed by atoms with van der Waals surface area (Å²) in [6, 6.07) is 27.5. The van der Waals surface area contributed by atoms with Gasteiger partial charge in [0.1, 0.15) is 5.75 Å². The molecule has 3 aromatic carbocycles. The molecule has 1 aliphatic heterocycles. The standard InChI is InChI=1S/C29H33NO2/c1-21(2)30-19-26(20-30)22-10-12-24(13-11-22)29(25-14-16-27(32)17-15-25)28(9-6-18-31)23-7-4-3-5-8-23/h3-5,7-8,10-17,21,26,31-32H,6,9,18-20H2,1-2H3/b29-28+. The molecule has 2 N–H and O–H groups in total. The van der Waals surface area contributed by atoms with E-state index < -0.39 is 0 Å². The van der Waals surface area contributed by atoms with Gasteiger partial charge in [0.25, 0.3) is 0 Å². The molecule has 166 valence electrons. The summed E-state index contributed by atoms with van der Waals surface area (Å²) in [5.74, 6) is 0.871. The number of aliphatic hydroxyl groups excluding tert-OH is 1. The summed E-state index contributed by atoms with van der Waals surface area (Å²) in [6.07, 6.45) is 1.49. The fraction of sp³-hybridized carbons (Fsp3) is 0.310. The number of nitrogens with zero attached hydrogens (tertiary/aromatic N) is 1. The van der Waals surface area contributed by atoms with Gasteiger partial charge in [-0.3, -0.25) is 4.90 Å². The third-order valence-electron chi connectivity index (χ3n) is 6.48. The Balaban J connectivity index is 1.75. The molecule has 0 saturated carbocycles. The molecule has 1 fully saturated rings. The van der Waals surface area contributed by atoms with E-state index in [2.05, 4.69) is 67.3 Å². The topological polar surface area (TPSA) is 43.7 Å². The summed E-state index contributed by atoms with van der Waals surface area (Å²) in [5, 5.41) is 19.4. The second kappa shape index (κ2) is 10.2. The van der Waals surface area contributed by atoms with E-state index in [9.17, 15) is 10.2 Å². The lowest BCUT2D eigenvalue weighted by molar-refractivity contribution is 0.110. The Morgan fingerprint density at radius 2 is 1.44 bits per heavy atom. The molecule has 1 heterocycles. The number of rotatable bonds is 8. The molecule has 3 nitrogen and oxygen atoms in total. The van der Waals surface area contributed by atoms with Gasteiger partial charge < -0.3 is 10.2 Å². The quantitative estimate of drug-likeness (QED) is 0.438. The van der Waals surface area contributed by atoms with Crippen LogP contribution in [0.2, 0.25) is 0 Å². The van der Waals surface area contributed by atoms with Crippen LogP contribution >= 0.6 is 0 Å². The number of phenols is 1. The van der Waals surface area contributed by atoms with Gasteiger partial charge in [0.15, 0.2) is 0 Å². The van der Waals surface area contributed by atoms with Crippen molar-refractivity contribution >= 4 is 11.1 Å². The number of likely N-dealkylation sites (tertiary alicyclic amines) is 1. The van der Waals surface area contributed by atoms with E-state index in [4.69, 9.17) is 0 Å². The van der Waals surface area contributed by atoms with Gasteiger partial charge in [-0.2, -0.15) is 0 Å². The molecule has 0 amide bonds. The van der Waals surface area contributed by atoms with Gasteiger partial charge in [0, 0.05) is 31.7 Å². The van der Waals surface area contributed by atoms with Crippen molar-refractivity contribution in [3.8, 4) is 5.75 Å². The average molecular weight is 428 g/mol. The lowest BCUT2D eigenvalue weighted by Gasteiger charge is -2.42. The molecule has 0 bridgehead atoms. The number of phenolic OH excluding ortho intramolecular Hbond substituents is 1. The molecule has 0 aromatic heterocycles. The number of aliphatic hydroxyl groups is 1. The SMILES string of the molecule is CC(C)N1CC(c2ccc(/C(=C(/CCCO)c3ccccc3)c3ccc(O)cc3)cc2)C1. The first-order valence-corrected chi connectivity index (χ1v) is 11.6. The smallest absolute Gasteiger partial charge is 0.115 e. The lowest BCUT2D eigenvalue weighted by Crippen LogP contribution is -2.48. The van der Waals surface area contributed by atoms with Crippen LogP contribution < -0.4 is 0 Å². The van der Waals surface area contributed by atoms with Gasteiger partial charge in [0.05, 0.1) is 0 Å². The fourth-order valence-electron chi connectivity index (χ4n) is 4.52. The molecule has 0 aliphatic carbocycles. The van der Waals surface area contributed by atoms with Gasteiger partial charge >= 0.3 is 0 Å². The molecule has 1 aliphatic rings. The maximum Gasteiger partial charge on any atom is 0.115 e. The first kappa shape index (κ1) is 22.3. The number of aromatic hydroxyl groups is 1. The molecular weight excluding hydrogens is 394 g/mol. The summed E-state index contributed by atoms with van der Waals surface area (Å²) < 4.78 is 0.